The fourth-order valence-electron chi connectivity index (χ4n) is 8.21. The van der Waals surface area contributed by atoms with Gasteiger partial charge in [0.1, 0.15) is 0 Å². The van der Waals surface area contributed by atoms with Crippen molar-refractivity contribution in [3.05, 3.63) is 143 Å². The lowest BCUT2D eigenvalue weighted by molar-refractivity contribution is 1.18. The van der Waals surface area contributed by atoms with E-state index in [1.807, 2.05) is 0 Å². The zero-order chi connectivity index (χ0) is 31.0. The molecule has 8 aromatic rings. The summed E-state index contributed by atoms with van der Waals surface area (Å²) in [7, 11) is 0. The summed E-state index contributed by atoms with van der Waals surface area (Å²) in [5.74, 6) is 0. The van der Waals surface area contributed by atoms with Crippen LogP contribution in [0.2, 0.25) is 0 Å². The number of hydrogen-bond acceptors (Lipinski definition) is 0. The molecule has 0 amide bonds. The van der Waals surface area contributed by atoms with Crippen LogP contribution in [0.5, 0.6) is 0 Å². The van der Waals surface area contributed by atoms with E-state index in [2.05, 4.69) is 160 Å². The number of aryl methyl sites for hydroxylation is 6. The van der Waals surface area contributed by atoms with Gasteiger partial charge in [0.05, 0.1) is 11.0 Å². The molecule has 8 rings (SSSR count). The average molecular weight is 581 g/mol. The second kappa shape index (κ2) is 10.3. The summed E-state index contributed by atoms with van der Waals surface area (Å²) in [4.78, 5) is 3.69. The summed E-state index contributed by atoms with van der Waals surface area (Å²) >= 11 is 0. The zero-order valence-corrected chi connectivity index (χ0v) is 26.9. The molecule has 2 heterocycles. The highest BCUT2D eigenvalue weighted by atomic mass is 15.0. The van der Waals surface area contributed by atoms with Gasteiger partial charge in [0.15, 0.2) is 0 Å². The van der Waals surface area contributed by atoms with Gasteiger partial charge >= 0.3 is 0 Å². The van der Waals surface area contributed by atoms with Gasteiger partial charge < -0.3 is 9.55 Å². The van der Waals surface area contributed by atoms with Crippen LogP contribution in [0.1, 0.15) is 33.4 Å². The number of rotatable bonds is 4. The lowest BCUT2D eigenvalue weighted by Gasteiger charge is -2.25. The Labute approximate surface area is 265 Å². The molecule has 1 N–H and O–H groups in total. The van der Waals surface area contributed by atoms with E-state index in [4.69, 9.17) is 0 Å². The highest BCUT2D eigenvalue weighted by molar-refractivity contribution is 6.96. The van der Waals surface area contributed by atoms with Crippen molar-refractivity contribution < 1.29 is 0 Å². The molecule has 0 radical (unpaired) electrons. The van der Waals surface area contributed by atoms with Gasteiger partial charge in [0, 0.05) is 38.3 Å². The molecule has 0 bridgehead atoms. The fraction of sp³-hybridized carbons (Fsp3) is 0.143. The number of nitrogens with one attached hydrogen (secondary N) is 1. The summed E-state index contributed by atoms with van der Waals surface area (Å²) in [5, 5.41) is 5.09. The normalized spacial score (nSPS) is 11.8. The standard InChI is InChI=1S/C42H37BN2/c1-25-18-27(3)41(28(4)19-25)43(42-29(5)20-26(2)21-30(42)6)31-12-11-13-32(22-31)45-39-17-10-8-15-34(39)36-23-35-33-14-7-9-16-37(33)44-38(35)24-40(36)45/h7-24,44H,1-6H3. The largest absolute Gasteiger partial charge is 0.354 e. The summed E-state index contributed by atoms with van der Waals surface area (Å²) in [6.07, 6.45) is 0. The van der Waals surface area contributed by atoms with Crippen LogP contribution in [0.3, 0.4) is 0 Å². The van der Waals surface area contributed by atoms with Crippen molar-refractivity contribution in [2.45, 2.75) is 41.5 Å². The van der Waals surface area contributed by atoms with Gasteiger partial charge in [0.2, 0.25) is 6.71 Å². The SMILES string of the molecule is Cc1cc(C)c(B(c2cccc(-n3c4ccccc4c4cc5c(cc43)[nH]c3ccccc35)c2)c2c(C)cc(C)cc2C)c(C)c1. The first-order chi connectivity index (χ1) is 21.8. The Hall–Kier alpha value is -5.02. The first kappa shape index (κ1) is 27.5. The number of para-hydroxylation sites is 2. The molecule has 0 atom stereocenters. The van der Waals surface area contributed by atoms with Crippen molar-refractivity contribution in [3.8, 4) is 5.69 Å². The Morgan fingerprint density at radius 1 is 0.467 bits per heavy atom. The van der Waals surface area contributed by atoms with Crippen LogP contribution >= 0.6 is 0 Å². The monoisotopic (exact) mass is 580 g/mol. The van der Waals surface area contributed by atoms with E-state index in [0.29, 0.717) is 0 Å². The van der Waals surface area contributed by atoms with Gasteiger partial charge in [0.25, 0.3) is 0 Å². The molecule has 2 aromatic heterocycles. The molecule has 45 heavy (non-hydrogen) atoms. The molecule has 0 saturated heterocycles. The lowest BCUT2D eigenvalue weighted by Crippen LogP contribution is -2.55. The van der Waals surface area contributed by atoms with Crippen molar-refractivity contribution >= 4 is 66.7 Å². The third-order valence-electron chi connectivity index (χ3n) is 9.81. The van der Waals surface area contributed by atoms with Crippen LogP contribution in [0.4, 0.5) is 0 Å². The summed E-state index contributed by atoms with van der Waals surface area (Å²) in [6.45, 7) is 13.7. The molecule has 2 nitrogen and oxygen atoms in total. The van der Waals surface area contributed by atoms with Crippen LogP contribution in [-0.4, -0.2) is 16.3 Å². The predicted octanol–water partition coefficient (Wildman–Crippen LogP) is 8.78. The van der Waals surface area contributed by atoms with E-state index in [9.17, 15) is 0 Å². The molecular weight excluding hydrogens is 543 g/mol. The van der Waals surface area contributed by atoms with E-state index >= 15 is 0 Å². The molecule has 0 aliphatic carbocycles. The number of aromatic nitrogens is 2. The van der Waals surface area contributed by atoms with Crippen LogP contribution in [0, 0.1) is 41.5 Å². The molecule has 3 heteroatoms. The number of aromatic amines is 1. The van der Waals surface area contributed by atoms with Gasteiger partial charge in [-0.3, -0.25) is 0 Å². The van der Waals surface area contributed by atoms with Crippen molar-refractivity contribution in [3.63, 3.8) is 0 Å². The van der Waals surface area contributed by atoms with E-state index in [1.165, 1.54) is 99.1 Å². The van der Waals surface area contributed by atoms with E-state index in [1.54, 1.807) is 0 Å². The van der Waals surface area contributed by atoms with Crippen LogP contribution in [0.15, 0.2) is 109 Å². The maximum atomic E-state index is 3.69. The van der Waals surface area contributed by atoms with Crippen LogP contribution < -0.4 is 16.4 Å². The Bertz CT molecular complexity index is 2350. The van der Waals surface area contributed by atoms with Gasteiger partial charge in [-0.05, 0) is 77.9 Å². The first-order valence-electron chi connectivity index (χ1n) is 16.0. The van der Waals surface area contributed by atoms with E-state index < -0.39 is 0 Å². The Kier molecular flexibility index (Phi) is 6.29. The zero-order valence-electron chi connectivity index (χ0n) is 26.9. The van der Waals surface area contributed by atoms with Crippen LogP contribution in [-0.2, 0) is 0 Å². The third kappa shape index (κ3) is 4.33. The number of hydrogen-bond donors (Lipinski definition) is 1. The highest BCUT2D eigenvalue weighted by Crippen LogP contribution is 2.36. The molecular formula is C42H37BN2. The van der Waals surface area contributed by atoms with Gasteiger partial charge in [-0.2, -0.15) is 0 Å². The van der Waals surface area contributed by atoms with Crippen molar-refractivity contribution in [1.82, 2.24) is 9.55 Å². The second-order valence-electron chi connectivity index (χ2n) is 13.1. The molecule has 0 aliphatic rings. The highest BCUT2D eigenvalue weighted by Gasteiger charge is 2.29. The summed E-state index contributed by atoms with van der Waals surface area (Å²) in [6, 6.07) is 40.8. The quantitative estimate of drug-likeness (QED) is 0.201. The third-order valence-corrected chi connectivity index (χ3v) is 9.81. The molecule has 0 fully saturated rings. The van der Waals surface area contributed by atoms with Gasteiger partial charge in [-0.1, -0.05) is 123 Å². The minimum Gasteiger partial charge on any atom is -0.354 e. The number of benzene rings is 6. The van der Waals surface area contributed by atoms with Gasteiger partial charge in [-0.15, -0.1) is 0 Å². The van der Waals surface area contributed by atoms with E-state index in [0.717, 1.165) is 0 Å². The molecule has 218 valence electrons. The van der Waals surface area contributed by atoms with Crippen molar-refractivity contribution in [2.75, 3.05) is 0 Å². The minimum absolute atomic E-state index is 0.125. The molecule has 0 aliphatic heterocycles. The molecule has 0 unspecified atom stereocenters. The maximum Gasteiger partial charge on any atom is 0.242 e. The number of nitrogens with zero attached hydrogens (tertiary/aromatic N) is 1. The Morgan fingerprint density at radius 3 is 1.73 bits per heavy atom. The molecule has 0 spiro atoms. The number of H-pyrrole nitrogens is 1. The summed E-state index contributed by atoms with van der Waals surface area (Å²) in [5.41, 5.74) is 18.1. The minimum atomic E-state index is 0.125. The fourth-order valence-corrected chi connectivity index (χ4v) is 8.21. The van der Waals surface area contributed by atoms with Crippen molar-refractivity contribution in [2.24, 2.45) is 0 Å². The van der Waals surface area contributed by atoms with Crippen molar-refractivity contribution in [1.29, 1.82) is 0 Å². The Morgan fingerprint density at radius 2 is 1.07 bits per heavy atom. The first-order valence-corrected chi connectivity index (χ1v) is 16.0. The second-order valence-corrected chi connectivity index (χ2v) is 13.1. The Balaban J connectivity index is 1.41. The maximum absolute atomic E-state index is 3.69. The van der Waals surface area contributed by atoms with Crippen LogP contribution in [0.25, 0.3) is 49.3 Å². The van der Waals surface area contributed by atoms with E-state index in [-0.39, 0.29) is 6.71 Å². The summed E-state index contributed by atoms with van der Waals surface area (Å²) < 4.78 is 2.46. The molecule has 0 saturated carbocycles. The smallest absolute Gasteiger partial charge is 0.242 e. The van der Waals surface area contributed by atoms with Gasteiger partial charge in [-0.25, -0.2) is 0 Å². The lowest BCUT2D eigenvalue weighted by atomic mass is 9.34. The average Bonchev–Trinajstić information content (AvgIpc) is 3.53. The molecule has 6 aromatic carbocycles. The number of fused-ring (bicyclic) bond motifs is 6. The topological polar surface area (TPSA) is 20.7 Å². The predicted molar refractivity (Wildman–Crippen MR) is 196 cm³/mol.